The highest BCUT2D eigenvalue weighted by atomic mass is 32.1. The van der Waals surface area contributed by atoms with Crippen LogP contribution in [-0.2, 0) is 0 Å². The molecule has 2 aliphatic rings. The summed E-state index contributed by atoms with van der Waals surface area (Å²) >= 11 is 1.56. The minimum Gasteiger partial charge on any atom is -0.399 e. The Labute approximate surface area is 158 Å². The van der Waals surface area contributed by atoms with Crippen LogP contribution in [0.4, 0.5) is 0 Å². The monoisotopic (exact) mass is 363 g/mol. The maximum absolute atomic E-state index is 10.0. The Morgan fingerprint density at radius 1 is 1.31 bits per heavy atom. The van der Waals surface area contributed by atoms with E-state index >= 15 is 0 Å². The largest absolute Gasteiger partial charge is 0.399 e. The van der Waals surface area contributed by atoms with E-state index in [-0.39, 0.29) is 17.5 Å². The second-order valence-corrected chi connectivity index (χ2v) is 8.14. The second kappa shape index (κ2) is 6.61. The molecule has 1 aromatic rings. The predicted molar refractivity (Wildman–Crippen MR) is 101 cm³/mol. The van der Waals surface area contributed by atoms with E-state index in [4.69, 9.17) is 5.73 Å². The second-order valence-electron chi connectivity index (χ2n) is 7.19. The van der Waals surface area contributed by atoms with Gasteiger partial charge in [-0.05, 0) is 43.4 Å². The molecule has 26 heavy (non-hydrogen) atoms. The van der Waals surface area contributed by atoms with E-state index < -0.39 is 5.41 Å². The molecular formula is C20H21N5S. The first-order chi connectivity index (χ1) is 12.4. The molecule has 0 aromatic carbocycles. The Bertz CT molecular complexity index is 901. The third-order valence-electron chi connectivity index (χ3n) is 5.61. The van der Waals surface area contributed by atoms with Gasteiger partial charge in [-0.3, -0.25) is 4.90 Å². The van der Waals surface area contributed by atoms with Gasteiger partial charge >= 0.3 is 0 Å². The number of hydrogen-bond donors (Lipinski definition) is 1. The molecule has 0 saturated carbocycles. The lowest BCUT2D eigenvalue weighted by Crippen LogP contribution is -2.49. The average Bonchev–Trinajstić information content (AvgIpc) is 3.05. The Kier molecular flexibility index (Phi) is 4.63. The zero-order chi connectivity index (χ0) is 19.1. The van der Waals surface area contributed by atoms with Crippen molar-refractivity contribution in [3.8, 4) is 18.2 Å². The molecule has 0 fully saturated rings. The molecule has 1 aliphatic heterocycles. The molecule has 5 nitrogen and oxygen atoms in total. The van der Waals surface area contributed by atoms with Gasteiger partial charge in [-0.15, -0.1) is 11.3 Å². The molecule has 0 unspecified atom stereocenters. The fourth-order valence-corrected chi connectivity index (χ4v) is 5.26. The van der Waals surface area contributed by atoms with Crippen LogP contribution < -0.4 is 5.73 Å². The summed E-state index contributed by atoms with van der Waals surface area (Å²) < 4.78 is 0. The number of nitriles is 3. The SMILES string of the molecule is Cc1ccsc1[C@H]1[C@H]2CN(C(C)C)CC=C2C(C#N)=C(N)C1(C#N)C#N. The molecule has 1 aromatic heterocycles. The van der Waals surface area contributed by atoms with Crippen molar-refractivity contribution in [2.75, 3.05) is 13.1 Å². The van der Waals surface area contributed by atoms with Gasteiger partial charge in [0.1, 0.15) is 6.07 Å². The predicted octanol–water partition coefficient (Wildman–Crippen LogP) is 3.19. The molecule has 0 amide bonds. The van der Waals surface area contributed by atoms with Crippen LogP contribution in [0.3, 0.4) is 0 Å². The summed E-state index contributed by atoms with van der Waals surface area (Å²) in [6.07, 6.45) is 2.05. The number of nitrogens with zero attached hydrogens (tertiary/aromatic N) is 4. The zero-order valence-electron chi connectivity index (χ0n) is 15.2. The van der Waals surface area contributed by atoms with Gasteiger partial charge in [-0.2, -0.15) is 15.8 Å². The Balaban J connectivity index is 2.31. The topological polar surface area (TPSA) is 101 Å². The summed E-state index contributed by atoms with van der Waals surface area (Å²) in [5, 5.41) is 31.7. The van der Waals surface area contributed by atoms with Gasteiger partial charge < -0.3 is 5.73 Å². The van der Waals surface area contributed by atoms with Crippen LogP contribution in [0.15, 0.2) is 34.4 Å². The fraction of sp³-hybridized carbons (Fsp3) is 0.450. The fourth-order valence-electron chi connectivity index (χ4n) is 4.10. The van der Waals surface area contributed by atoms with E-state index in [0.717, 1.165) is 22.6 Å². The highest BCUT2D eigenvalue weighted by molar-refractivity contribution is 7.10. The third kappa shape index (κ3) is 2.44. The van der Waals surface area contributed by atoms with Crippen LogP contribution in [0, 0.1) is 52.2 Å². The molecule has 2 heterocycles. The van der Waals surface area contributed by atoms with Crippen molar-refractivity contribution in [2.24, 2.45) is 17.1 Å². The van der Waals surface area contributed by atoms with E-state index in [2.05, 4.69) is 37.0 Å². The maximum Gasteiger partial charge on any atom is 0.192 e. The number of thiophene rings is 1. The van der Waals surface area contributed by atoms with Crippen LogP contribution in [0.1, 0.15) is 30.2 Å². The minimum atomic E-state index is -1.53. The molecule has 2 atom stereocenters. The number of rotatable bonds is 2. The van der Waals surface area contributed by atoms with E-state index in [0.29, 0.717) is 18.2 Å². The number of nitrogens with two attached hydrogens (primary N) is 1. The number of aryl methyl sites for hydroxylation is 1. The Morgan fingerprint density at radius 3 is 2.50 bits per heavy atom. The average molecular weight is 363 g/mol. The highest BCUT2D eigenvalue weighted by Crippen LogP contribution is 2.55. The molecule has 1 aliphatic carbocycles. The lowest BCUT2D eigenvalue weighted by molar-refractivity contribution is 0.175. The van der Waals surface area contributed by atoms with Crippen LogP contribution in [0.25, 0.3) is 0 Å². The minimum absolute atomic E-state index is 0.100. The van der Waals surface area contributed by atoms with Gasteiger partial charge in [0, 0.05) is 35.8 Å². The van der Waals surface area contributed by atoms with Crippen molar-refractivity contribution in [3.05, 3.63) is 44.8 Å². The van der Waals surface area contributed by atoms with E-state index in [9.17, 15) is 15.8 Å². The normalized spacial score (nSPS) is 25.0. The first-order valence-electron chi connectivity index (χ1n) is 8.62. The Morgan fingerprint density at radius 2 is 2.00 bits per heavy atom. The molecule has 0 spiro atoms. The first kappa shape index (κ1) is 18.2. The van der Waals surface area contributed by atoms with Crippen molar-refractivity contribution < 1.29 is 0 Å². The molecule has 0 saturated heterocycles. The van der Waals surface area contributed by atoms with Crippen LogP contribution >= 0.6 is 11.3 Å². The maximum atomic E-state index is 10.0. The van der Waals surface area contributed by atoms with Gasteiger partial charge in [0.25, 0.3) is 0 Å². The van der Waals surface area contributed by atoms with Crippen LogP contribution in [-0.4, -0.2) is 24.0 Å². The quantitative estimate of drug-likeness (QED) is 0.869. The summed E-state index contributed by atoms with van der Waals surface area (Å²) in [5.41, 5.74) is 7.14. The molecule has 6 heteroatoms. The standard InChI is InChI=1S/C20H21N5S/c1-12(2)25-6-4-14-15(8-21)19(24)20(10-22,11-23)17(16(14)9-25)18-13(3)5-7-26-18/h4-5,7,12,16-17H,6,9,24H2,1-3H3/t16-,17+/m0/s1. The molecule has 3 rings (SSSR count). The highest BCUT2D eigenvalue weighted by Gasteiger charge is 2.55. The van der Waals surface area contributed by atoms with E-state index in [1.54, 1.807) is 11.3 Å². The van der Waals surface area contributed by atoms with Gasteiger partial charge in [0.2, 0.25) is 0 Å². The smallest absolute Gasteiger partial charge is 0.192 e. The number of allylic oxidation sites excluding steroid dienone is 2. The summed E-state index contributed by atoms with van der Waals surface area (Å²) in [4.78, 5) is 3.31. The van der Waals surface area contributed by atoms with E-state index in [1.807, 2.05) is 24.4 Å². The van der Waals surface area contributed by atoms with Crippen LogP contribution in [0.2, 0.25) is 0 Å². The van der Waals surface area contributed by atoms with Crippen molar-refractivity contribution in [2.45, 2.75) is 32.7 Å². The lowest BCUT2D eigenvalue weighted by atomic mass is 9.59. The van der Waals surface area contributed by atoms with Crippen molar-refractivity contribution in [1.82, 2.24) is 4.90 Å². The summed E-state index contributed by atoms with van der Waals surface area (Å²) in [5.74, 6) is -0.479. The van der Waals surface area contributed by atoms with Gasteiger partial charge in [-0.25, -0.2) is 0 Å². The zero-order valence-corrected chi connectivity index (χ0v) is 16.0. The van der Waals surface area contributed by atoms with Gasteiger partial charge in [-0.1, -0.05) is 6.08 Å². The van der Waals surface area contributed by atoms with Crippen molar-refractivity contribution in [1.29, 1.82) is 15.8 Å². The molecule has 0 bridgehead atoms. The number of fused-ring (bicyclic) bond motifs is 1. The molecule has 2 N–H and O–H groups in total. The van der Waals surface area contributed by atoms with Crippen molar-refractivity contribution in [3.63, 3.8) is 0 Å². The van der Waals surface area contributed by atoms with Crippen molar-refractivity contribution >= 4 is 11.3 Å². The van der Waals surface area contributed by atoms with Gasteiger partial charge in [0.15, 0.2) is 5.41 Å². The molecule has 132 valence electrons. The van der Waals surface area contributed by atoms with Crippen LogP contribution in [0.5, 0.6) is 0 Å². The Hall–Kier alpha value is -2.59. The summed E-state index contributed by atoms with van der Waals surface area (Å²) in [6.45, 7) is 7.70. The lowest BCUT2D eigenvalue weighted by Gasteiger charge is -2.46. The first-order valence-corrected chi connectivity index (χ1v) is 9.50. The van der Waals surface area contributed by atoms with E-state index in [1.165, 1.54) is 0 Å². The van der Waals surface area contributed by atoms with Gasteiger partial charge in [0.05, 0.1) is 23.4 Å². The summed E-state index contributed by atoms with van der Waals surface area (Å²) in [7, 11) is 0. The molecular weight excluding hydrogens is 342 g/mol. The summed E-state index contributed by atoms with van der Waals surface area (Å²) in [6, 6.07) is 8.89. The molecule has 0 radical (unpaired) electrons. The number of hydrogen-bond acceptors (Lipinski definition) is 6. The third-order valence-corrected chi connectivity index (χ3v) is 6.71.